The Balaban J connectivity index is 1.53. The number of aromatic nitrogens is 1. The summed E-state index contributed by atoms with van der Waals surface area (Å²) < 4.78 is 2.42. The number of hydrogen-bond acceptors (Lipinski definition) is 3. The number of fused-ring (bicyclic) bond motifs is 1. The van der Waals surface area contributed by atoms with Gasteiger partial charge in [-0.05, 0) is 58.4 Å². The van der Waals surface area contributed by atoms with Crippen LogP contribution in [0, 0.1) is 5.41 Å². The Kier molecular flexibility index (Phi) is 6.61. The smallest absolute Gasteiger partial charge is 0.217 e. The SMILES string of the molecule is CC(=O)NCc1c(C=N)c2ccccc2n1C1CCN(C2CCC(=C(C)C)CC2)CC1. The molecule has 0 unspecified atom stereocenters. The highest BCUT2D eigenvalue weighted by molar-refractivity contribution is 6.00. The first kappa shape index (κ1) is 21.8. The molecule has 166 valence electrons. The van der Waals surface area contributed by atoms with Crippen LogP contribution in [0.15, 0.2) is 35.4 Å². The highest BCUT2D eigenvalue weighted by atomic mass is 16.1. The van der Waals surface area contributed by atoms with Gasteiger partial charge >= 0.3 is 0 Å². The average molecular weight is 421 g/mol. The van der Waals surface area contributed by atoms with E-state index >= 15 is 0 Å². The quantitative estimate of drug-likeness (QED) is 0.516. The summed E-state index contributed by atoms with van der Waals surface area (Å²) in [4.78, 5) is 14.3. The number of nitrogens with one attached hydrogen (secondary N) is 2. The zero-order chi connectivity index (χ0) is 22.0. The number of hydrogen-bond donors (Lipinski definition) is 2. The molecule has 0 bridgehead atoms. The van der Waals surface area contributed by atoms with Crippen molar-refractivity contribution < 1.29 is 4.79 Å². The van der Waals surface area contributed by atoms with Crippen LogP contribution in [0.3, 0.4) is 0 Å². The summed E-state index contributed by atoms with van der Waals surface area (Å²) in [6.45, 7) is 8.80. The molecule has 1 amide bonds. The lowest BCUT2D eigenvalue weighted by atomic mass is 9.86. The molecule has 1 aromatic carbocycles. The molecule has 2 N–H and O–H groups in total. The first-order valence-corrected chi connectivity index (χ1v) is 11.8. The third-order valence-electron chi connectivity index (χ3n) is 7.35. The first-order valence-electron chi connectivity index (χ1n) is 11.8. The molecule has 5 heteroatoms. The van der Waals surface area contributed by atoms with Gasteiger partial charge in [-0.1, -0.05) is 29.3 Å². The zero-order valence-corrected chi connectivity index (χ0v) is 19.2. The number of benzene rings is 1. The number of allylic oxidation sites excluding steroid dienone is 2. The number of carbonyl (C=O) groups excluding carboxylic acids is 1. The van der Waals surface area contributed by atoms with Gasteiger partial charge in [0.1, 0.15) is 0 Å². The molecule has 2 fully saturated rings. The van der Waals surface area contributed by atoms with Gasteiger partial charge in [-0.2, -0.15) is 0 Å². The van der Waals surface area contributed by atoms with Crippen LogP contribution >= 0.6 is 0 Å². The van der Waals surface area contributed by atoms with Crippen molar-refractivity contribution in [1.82, 2.24) is 14.8 Å². The van der Waals surface area contributed by atoms with E-state index in [0.29, 0.717) is 12.6 Å². The molecule has 1 aliphatic heterocycles. The minimum atomic E-state index is -0.0319. The Morgan fingerprint density at radius 3 is 2.35 bits per heavy atom. The van der Waals surface area contributed by atoms with Crippen LogP contribution in [-0.2, 0) is 11.3 Å². The fourth-order valence-electron chi connectivity index (χ4n) is 5.63. The Bertz CT molecular complexity index is 980. The van der Waals surface area contributed by atoms with Gasteiger partial charge in [-0.15, -0.1) is 0 Å². The maximum atomic E-state index is 11.6. The highest BCUT2D eigenvalue weighted by Gasteiger charge is 2.30. The van der Waals surface area contributed by atoms with Gasteiger partial charge in [-0.25, -0.2) is 0 Å². The fraction of sp³-hybridized carbons (Fsp3) is 0.538. The maximum absolute atomic E-state index is 11.6. The maximum Gasteiger partial charge on any atom is 0.217 e. The summed E-state index contributed by atoms with van der Waals surface area (Å²) >= 11 is 0. The van der Waals surface area contributed by atoms with Crippen molar-refractivity contribution in [2.24, 2.45) is 0 Å². The molecule has 0 radical (unpaired) electrons. The van der Waals surface area contributed by atoms with Crippen molar-refractivity contribution in [1.29, 1.82) is 5.41 Å². The molecule has 31 heavy (non-hydrogen) atoms. The van der Waals surface area contributed by atoms with Crippen molar-refractivity contribution in [2.75, 3.05) is 13.1 Å². The monoisotopic (exact) mass is 420 g/mol. The Labute approximate surface area is 186 Å². The minimum Gasteiger partial charge on any atom is -0.351 e. The summed E-state index contributed by atoms with van der Waals surface area (Å²) in [5.41, 5.74) is 6.38. The van der Waals surface area contributed by atoms with Crippen molar-refractivity contribution in [3.8, 4) is 0 Å². The van der Waals surface area contributed by atoms with Crippen LogP contribution in [-0.4, -0.2) is 40.7 Å². The van der Waals surface area contributed by atoms with E-state index in [2.05, 4.69) is 46.8 Å². The van der Waals surface area contributed by atoms with Gasteiger partial charge < -0.3 is 20.2 Å². The lowest BCUT2D eigenvalue weighted by Crippen LogP contribution is -2.43. The predicted octanol–water partition coefficient (Wildman–Crippen LogP) is 5.19. The molecule has 0 spiro atoms. The normalized spacial score (nSPS) is 20.7. The third kappa shape index (κ3) is 4.47. The largest absolute Gasteiger partial charge is 0.351 e. The van der Waals surface area contributed by atoms with E-state index in [1.54, 1.807) is 12.5 Å². The third-order valence-corrected chi connectivity index (χ3v) is 7.35. The summed E-state index contributed by atoms with van der Waals surface area (Å²) in [7, 11) is 0. The molecule has 1 saturated heterocycles. The lowest BCUT2D eigenvalue weighted by Gasteiger charge is -2.40. The van der Waals surface area contributed by atoms with E-state index in [0.717, 1.165) is 48.6 Å². The second-order valence-corrected chi connectivity index (χ2v) is 9.40. The summed E-state index contributed by atoms with van der Waals surface area (Å²) in [6.07, 6.45) is 8.81. The van der Waals surface area contributed by atoms with E-state index in [1.807, 2.05) is 6.07 Å². The molecular weight excluding hydrogens is 384 g/mol. The number of amides is 1. The predicted molar refractivity (Wildman–Crippen MR) is 128 cm³/mol. The van der Waals surface area contributed by atoms with Gasteiger partial charge in [0.05, 0.1) is 6.54 Å². The molecular formula is C26H36N4O. The molecule has 1 aliphatic carbocycles. The van der Waals surface area contributed by atoms with Gasteiger partial charge in [0.2, 0.25) is 5.91 Å². The minimum absolute atomic E-state index is 0.0319. The standard InChI is InChI=1S/C26H36N4O/c1-18(2)20-8-10-21(11-9-20)29-14-12-22(13-15-29)30-25-7-5-4-6-23(25)24(16-27)26(30)17-28-19(3)31/h4-7,16,21-22,27H,8-15,17H2,1-3H3,(H,28,31). The highest BCUT2D eigenvalue weighted by Crippen LogP contribution is 2.36. The van der Waals surface area contributed by atoms with Gasteiger partial charge in [0, 0.05) is 60.5 Å². The number of para-hydroxylation sites is 1. The van der Waals surface area contributed by atoms with E-state index in [9.17, 15) is 4.79 Å². The van der Waals surface area contributed by atoms with Gasteiger partial charge in [0.25, 0.3) is 0 Å². The molecule has 0 atom stereocenters. The number of likely N-dealkylation sites (tertiary alicyclic amines) is 1. The van der Waals surface area contributed by atoms with Crippen LogP contribution in [0.1, 0.15) is 76.6 Å². The van der Waals surface area contributed by atoms with Gasteiger partial charge in [0.15, 0.2) is 0 Å². The fourth-order valence-corrected chi connectivity index (χ4v) is 5.63. The van der Waals surface area contributed by atoms with Crippen LogP contribution in [0.2, 0.25) is 0 Å². The second kappa shape index (κ2) is 9.39. The van der Waals surface area contributed by atoms with Crippen molar-refractivity contribution in [2.45, 2.75) is 77.9 Å². The first-order chi connectivity index (χ1) is 15.0. The Hall–Kier alpha value is -2.40. The van der Waals surface area contributed by atoms with E-state index in [4.69, 9.17) is 5.41 Å². The molecule has 2 aromatic rings. The molecule has 1 saturated carbocycles. The summed E-state index contributed by atoms with van der Waals surface area (Å²) in [5, 5.41) is 12.1. The number of carbonyl (C=O) groups is 1. The Morgan fingerprint density at radius 2 is 1.74 bits per heavy atom. The lowest BCUT2D eigenvalue weighted by molar-refractivity contribution is -0.119. The van der Waals surface area contributed by atoms with Crippen molar-refractivity contribution >= 4 is 23.0 Å². The van der Waals surface area contributed by atoms with Crippen LogP contribution in [0.25, 0.3) is 10.9 Å². The van der Waals surface area contributed by atoms with Crippen molar-refractivity contribution in [3.05, 3.63) is 46.7 Å². The summed E-state index contributed by atoms with van der Waals surface area (Å²) in [5.74, 6) is -0.0319. The second-order valence-electron chi connectivity index (χ2n) is 9.40. The van der Waals surface area contributed by atoms with Crippen LogP contribution in [0.4, 0.5) is 0 Å². The van der Waals surface area contributed by atoms with Crippen LogP contribution in [0.5, 0.6) is 0 Å². The molecule has 2 aliphatic rings. The summed E-state index contributed by atoms with van der Waals surface area (Å²) in [6, 6.07) is 9.51. The number of piperidine rings is 1. The van der Waals surface area contributed by atoms with Gasteiger partial charge in [-0.3, -0.25) is 4.79 Å². The van der Waals surface area contributed by atoms with Crippen LogP contribution < -0.4 is 5.32 Å². The molecule has 4 rings (SSSR count). The van der Waals surface area contributed by atoms with E-state index in [1.165, 1.54) is 43.0 Å². The molecule has 5 nitrogen and oxygen atoms in total. The number of rotatable bonds is 5. The Morgan fingerprint density at radius 1 is 1.06 bits per heavy atom. The zero-order valence-electron chi connectivity index (χ0n) is 19.2. The molecule has 1 aromatic heterocycles. The number of nitrogens with zero attached hydrogens (tertiary/aromatic N) is 2. The average Bonchev–Trinajstić information content (AvgIpc) is 3.11. The topological polar surface area (TPSA) is 61.1 Å². The molecule has 2 heterocycles. The van der Waals surface area contributed by atoms with E-state index in [-0.39, 0.29) is 5.91 Å². The van der Waals surface area contributed by atoms with E-state index < -0.39 is 0 Å². The van der Waals surface area contributed by atoms with Crippen molar-refractivity contribution in [3.63, 3.8) is 0 Å².